The molecule has 0 fully saturated rings. The van der Waals surface area contributed by atoms with E-state index in [1.807, 2.05) is 11.7 Å². The van der Waals surface area contributed by atoms with Gasteiger partial charge in [-0.1, -0.05) is 30.3 Å². The fraction of sp³-hybridized carbons (Fsp3) is 0.308. The second-order valence-electron chi connectivity index (χ2n) is 3.73. The zero-order valence-electron chi connectivity index (χ0n) is 9.23. The average Bonchev–Trinajstić information content (AvgIpc) is 2.83. The third-order valence-corrected chi connectivity index (χ3v) is 3.22. The molecule has 0 bridgehead atoms. The molecule has 2 rings (SSSR count). The van der Waals surface area contributed by atoms with Gasteiger partial charge in [-0.25, -0.2) is 0 Å². The van der Waals surface area contributed by atoms with Crippen molar-refractivity contribution in [2.45, 2.75) is 19.4 Å². The molecule has 0 saturated carbocycles. The van der Waals surface area contributed by atoms with Gasteiger partial charge in [0, 0.05) is 17.6 Å². The van der Waals surface area contributed by atoms with Crippen LogP contribution in [0.3, 0.4) is 0 Å². The Hall–Kier alpha value is -1.19. The van der Waals surface area contributed by atoms with Gasteiger partial charge in [-0.3, -0.25) is 4.98 Å². The maximum atomic E-state index is 4.05. The lowest BCUT2D eigenvalue weighted by molar-refractivity contribution is 0.654. The summed E-state index contributed by atoms with van der Waals surface area (Å²) in [5, 5.41) is 3.43. The van der Waals surface area contributed by atoms with Crippen LogP contribution >= 0.6 is 11.3 Å². The summed E-state index contributed by atoms with van der Waals surface area (Å²) in [5.74, 6) is 0. The first kappa shape index (κ1) is 11.3. The highest BCUT2D eigenvalue weighted by Gasteiger charge is 1.94. The van der Waals surface area contributed by atoms with Crippen molar-refractivity contribution in [2.24, 2.45) is 0 Å². The van der Waals surface area contributed by atoms with Crippen LogP contribution in [-0.4, -0.2) is 11.5 Å². The van der Waals surface area contributed by atoms with Gasteiger partial charge in [-0.05, 0) is 24.9 Å². The molecular formula is C13H16N2S. The normalized spacial score (nSPS) is 10.5. The van der Waals surface area contributed by atoms with Gasteiger partial charge in [0.1, 0.15) is 0 Å². The molecule has 1 aromatic heterocycles. The zero-order chi connectivity index (χ0) is 11.1. The van der Waals surface area contributed by atoms with Gasteiger partial charge >= 0.3 is 0 Å². The Morgan fingerprint density at radius 2 is 2.06 bits per heavy atom. The summed E-state index contributed by atoms with van der Waals surface area (Å²) in [5.41, 5.74) is 3.29. The lowest BCUT2D eigenvalue weighted by Crippen LogP contribution is -2.14. The summed E-state index contributed by atoms with van der Waals surface area (Å²) in [6, 6.07) is 10.6. The minimum Gasteiger partial charge on any atom is -0.312 e. The molecule has 84 valence electrons. The van der Waals surface area contributed by atoms with Gasteiger partial charge in [0.15, 0.2) is 0 Å². The molecule has 2 aromatic rings. The van der Waals surface area contributed by atoms with Crippen LogP contribution in [-0.2, 0) is 13.0 Å². The molecule has 1 heterocycles. The van der Waals surface area contributed by atoms with Crippen molar-refractivity contribution in [2.75, 3.05) is 6.54 Å². The molecule has 0 spiro atoms. The van der Waals surface area contributed by atoms with Crippen LogP contribution in [0.15, 0.2) is 42.0 Å². The first-order valence-corrected chi connectivity index (χ1v) is 6.45. The van der Waals surface area contributed by atoms with Gasteiger partial charge in [-0.15, -0.1) is 11.3 Å². The molecule has 16 heavy (non-hydrogen) atoms. The van der Waals surface area contributed by atoms with E-state index in [0.717, 1.165) is 19.5 Å². The number of thiazole rings is 1. The average molecular weight is 232 g/mol. The Labute approximate surface area is 100 Å². The number of benzene rings is 1. The van der Waals surface area contributed by atoms with Gasteiger partial charge < -0.3 is 5.32 Å². The van der Waals surface area contributed by atoms with Crippen molar-refractivity contribution in [1.82, 2.24) is 10.3 Å². The molecule has 0 aliphatic carbocycles. The third-order valence-electron chi connectivity index (χ3n) is 2.44. The second kappa shape index (κ2) is 6.40. The van der Waals surface area contributed by atoms with Crippen molar-refractivity contribution < 1.29 is 0 Å². The fourth-order valence-corrected chi connectivity index (χ4v) is 2.17. The van der Waals surface area contributed by atoms with Crippen molar-refractivity contribution >= 4 is 11.3 Å². The summed E-state index contributed by atoms with van der Waals surface area (Å²) < 4.78 is 0. The van der Waals surface area contributed by atoms with Crippen LogP contribution in [0.1, 0.15) is 16.9 Å². The Balaban J connectivity index is 1.59. The molecule has 3 heteroatoms. The number of nitrogens with one attached hydrogen (secondary N) is 1. The lowest BCUT2D eigenvalue weighted by Gasteiger charge is -2.03. The molecule has 0 unspecified atom stereocenters. The Morgan fingerprint density at radius 3 is 2.81 bits per heavy atom. The number of aromatic nitrogens is 1. The monoisotopic (exact) mass is 232 g/mol. The van der Waals surface area contributed by atoms with Crippen LogP contribution in [0.25, 0.3) is 0 Å². The SMILES string of the molecule is c1ccc(CCCNCc2cncs2)cc1. The molecule has 0 amide bonds. The number of aryl methyl sites for hydroxylation is 1. The van der Waals surface area contributed by atoms with E-state index in [1.54, 1.807) is 11.3 Å². The minimum absolute atomic E-state index is 0.944. The fourth-order valence-electron chi connectivity index (χ4n) is 1.60. The number of hydrogen-bond donors (Lipinski definition) is 1. The third kappa shape index (κ3) is 3.76. The van der Waals surface area contributed by atoms with E-state index in [-0.39, 0.29) is 0 Å². The quantitative estimate of drug-likeness (QED) is 0.775. The topological polar surface area (TPSA) is 24.9 Å². The van der Waals surface area contributed by atoms with E-state index in [4.69, 9.17) is 0 Å². The van der Waals surface area contributed by atoms with Crippen molar-refractivity contribution in [3.8, 4) is 0 Å². The van der Waals surface area contributed by atoms with Crippen LogP contribution < -0.4 is 5.32 Å². The first-order chi connectivity index (χ1) is 7.95. The highest BCUT2D eigenvalue weighted by Crippen LogP contribution is 2.05. The second-order valence-corrected chi connectivity index (χ2v) is 4.70. The Morgan fingerprint density at radius 1 is 1.19 bits per heavy atom. The smallest absolute Gasteiger partial charge is 0.0794 e. The summed E-state index contributed by atoms with van der Waals surface area (Å²) in [7, 11) is 0. The van der Waals surface area contributed by atoms with E-state index in [9.17, 15) is 0 Å². The molecule has 0 aliphatic rings. The molecule has 0 aliphatic heterocycles. The predicted molar refractivity (Wildman–Crippen MR) is 68.6 cm³/mol. The summed E-state index contributed by atoms with van der Waals surface area (Å²) >= 11 is 1.70. The summed E-state index contributed by atoms with van der Waals surface area (Å²) in [6.45, 7) is 2.01. The highest BCUT2D eigenvalue weighted by atomic mass is 32.1. The van der Waals surface area contributed by atoms with Crippen LogP contribution in [0.2, 0.25) is 0 Å². The number of nitrogens with zero attached hydrogens (tertiary/aromatic N) is 1. The zero-order valence-corrected chi connectivity index (χ0v) is 10.0. The van der Waals surface area contributed by atoms with E-state index >= 15 is 0 Å². The van der Waals surface area contributed by atoms with Crippen LogP contribution in [0.4, 0.5) is 0 Å². The highest BCUT2D eigenvalue weighted by molar-refractivity contribution is 7.09. The van der Waals surface area contributed by atoms with Crippen molar-refractivity contribution in [3.05, 3.63) is 52.5 Å². The molecular weight excluding hydrogens is 216 g/mol. The molecule has 2 nitrogen and oxygen atoms in total. The van der Waals surface area contributed by atoms with E-state index in [2.05, 4.69) is 40.6 Å². The lowest BCUT2D eigenvalue weighted by atomic mass is 10.1. The van der Waals surface area contributed by atoms with Crippen molar-refractivity contribution in [1.29, 1.82) is 0 Å². The van der Waals surface area contributed by atoms with Crippen molar-refractivity contribution in [3.63, 3.8) is 0 Å². The van der Waals surface area contributed by atoms with Gasteiger partial charge in [-0.2, -0.15) is 0 Å². The minimum atomic E-state index is 0.944. The van der Waals surface area contributed by atoms with Crippen LogP contribution in [0.5, 0.6) is 0 Å². The maximum absolute atomic E-state index is 4.05. The first-order valence-electron chi connectivity index (χ1n) is 5.57. The Kier molecular flexibility index (Phi) is 4.52. The largest absolute Gasteiger partial charge is 0.312 e. The summed E-state index contributed by atoms with van der Waals surface area (Å²) in [6.07, 6.45) is 4.26. The standard InChI is InChI=1S/C13H16N2S/c1-2-5-12(6-3-1)7-4-8-14-9-13-10-15-11-16-13/h1-3,5-6,10-11,14H,4,7-9H2. The summed E-state index contributed by atoms with van der Waals surface area (Å²) in [4.78, 5) is 5.35. The maximum Gasteiger partial charge on any atom is 0.0794 e. The predicted octanol–water partition coefficient (Wildman–Crippen LogP) is 2.87. The molecule has 0 atom stereocenters. The molecule has 0 radical (unpaired) electrons. The van der Waals surface area contributed by atoms with Crippen LogP contribution in [0, 0.1) is 0 Å². The van der Waals surface area contributed by atoms with Gasteiger partial charge in [0.05, 0.1) is 5.51 Å². The van der Waals surface area contributed by atoms with E-state index in [0.29, 0.717) is 0 Å². The number of rotatable bonds is 6. The van der Waals surface area contributed by atoms with Gasteiger partial charge in [0.2, 0.25) is 0 Å². The molecule has 0 saturated heterocycles. The van der Waals surface area contributed by atoms with E-state index in [1.165, 1.54) is 16.9 Å². The Bertz CT molecular complexity index is 384. The molecule has 1 N–H and O–H groups in total. The molecule has 1 aromatic carbocycles. The number of hydrogen-bond acceptors (Lipinski definition) is 3. The van der Waals surface area contributed by atoms with E-state index < -0.39 is 0 Å². The van der Waals surface area contributed by atoms with Gasteiger partial charge in [0.25, 0.3) is 0 Å².